The molecule has 0 bridgehead atoms. The fourth-order valence-electron chi connectivity index (χ4n) is 2.71. The van der Waals surface area contributed by atoms with E-state index in [1.54, 1.807) is 0 Å². The SMILES string of the molecule is Cc1cccc(CC(=O)N2CCC(OCCCN)CC2)c1. The first-order chi connectivity index (χ1) is 10.2. The molecule has 0 aromatic heterocycles. The Morgan fingerprint density at radius 2 is 2.14 bits per heavy atom. The maximum atomic E-state index is 12.3. The summed E-state index contributed by atoms with van der Waals surface area (Å²) in [6.07, 6.45) is 3.57. The molecule has 0 spiro atoms. The van der Waals surface area contributed by atoms with Crippen LogP contribution < -0.4 is 5.73 Å². The third kappa shape index (κ3) is 5.14. The summed E-state index contributed by atoms with van der Waals surface area (Å²) in [5.74, 6) is 0.223. The first-order valence-corrected chi connectivity index (χ1v) is 7.84. The Bertz CT molecular complexity index is 454. The highest BCUT2D eigenvalue weighted by Gasteiger charge is 2.23. The lowest BCUT2D eigenvalue weighted by atomic mass is 10.0. The van der Waals surface area contributed by atoms with Crippen LogP contribution in [0, 0.1) is 6.92 Å². The molecule has 0 aliphatic carbocycles. The zero-order valence-corrected chi connectivity index (χ0v) is 12.9. The van der Waals surface area contributed by atoms with Crippen molar-refractivity contribution in [2.24, 2.45) is 5.73 Å². The maximum Gasteiger partial charge on any atom is 0.226 e. The van der Waals surface area contributed by atoms with Crippen LogP contribution in [0.2, 0.25) is 0 Å². The van der Waals surface area contributed by atoms with Crippen molar-refractivity contribution in [2.45, 2.75) is 38.7 Å². The number of carbonyl (C=O) groups excluding carboxylic acids is 1. The van der Waals surface area contributed by atoms with Crippen molar-refractivity contribution in [3.8, 4) is 0 Å². The predicted octanol–water partition coefficient (Wildman–Crippen LogP) is 1.89. The van der Waals surface area contributed by atoms with E-state index in [9.17, 15) is 4.79 Å². The van der Waals surface area contributed by atoms with Crippen molar-refractivity contribution >= 4 is 5.91 Å². The van der Waals surface area contributed by atoms with E-state index in [0.29, 0.717) is 19.1 Å². The smallest absolute Gasteiger partial charge is 0.226 e. The summed E-state index contributed by atoms with van der Waals surface area (Å²) < 4.78 is 5.77. The van der Waals surface area contributed by atoms with Crippen LogP contribution in [0.4, 0.5) is 0 Å². The van der Waals surface area contributed by atoms with Crippen LogP contribution in [0.25, 0.3) is 0 Å². The van der Waals surface area contributed by atoms with Gasteiger partial charge >= 0.3 is 0 Å². The van der Waals surface area contributed by atoms with E-state index in [-0.39, 0.29) is 5.91 Å². The lowest BCUT2D eigenvalue weighted by Crippen LogP contribution is -2.41. The molecule has 1 aliphatic heterocycles. The molecule has 0 radical (unpaired) electrons. The van der Waals surface area contributed by atoms with Gasteiger partial charge < -0.3 is 15.4 Å². The van der Waals surface area contributed by atoms with E-state index < -0.39 is 0 Å². The summed E-state index contributed by atoms with van der Waals surface area (Å²) in [6, 6.07) is 8.17. The lowest BCUT2D eigenvalue weighted by molar-refractivity contribution is -0.133. The van der Waals surface area contributed by atoms with Gasteiger partial charge in [0.1, 0.15) is 0 Å². The Kier molecular flexibility index (Phi) is 6.21. The molecule has 1 fully saturated rings. The second-order valence-corrected chi connectivity index (χ2v) is 5.76. The largest absolute Gasteiger partial charge is 0.378 e. The monoisotopic (exact) mass is 290 g/mol. The molecule has 1 saturated heterocycles. The van der Waals surface area contributed by atoms with Crippen molar-refractivity contribution in [1.29, 1.82) is 0 Å². The van der Waals surface area contributed by atoms with Crippen LogP contribution in [-0.2, 0) is 16.0 Å². The maximum absolute atomic E-state index is 12.3. The first kappa shape index (κ1) is 16.0. The van der Waals surface area contributed by atoms with Gasteiger partial charge in [-0.2, -0.15) is 0 Å². The summed E-state index contributed by atoms with van der Waals surface area (Å²) in [7, 11) is 0. The molecular weight excluding hydrogens is 264 g/mol. The van der Waals surface area contributed by atoms with E-state index in [4.69, 9.17) is 10.5 Å². The number of aryl methyl sites for hydroxylation is 1. The van der Waals surface area contributed by atoms with E-state index >= 15 is 0 Å². The summed E-state index contributed by atoms with van der Waals surface area (Å²) >= 11 is 0. The number of amides is 1. The molecule has 4 nitrogen and oxygen atoms in total. The van der Waals surface area contributed by atoms with Crippen molar-refractivity contribution in [1.82, 2.24) is 4.90 Å². The highest BCUT2D eigenvalue weighted by Crippen LogP contribution is 2.15. The van der Waals surface area contributed by atoms with Crippen molar-refractivity contribution in [3.05, 3.63) is 35.4 Å². The van der Waals surface area contributed by atoms with Gasteiger partial charge in [-0.3, -0.25) is 4.79 Å². The lowest BCUT2D eigenvalue weighted by Gasteiger charge is -2.32. The van der Waals surface area contributed by atoms with Gasteiger partial charge in [-0.15, -0.1) is 0 Å². The van der Waals surface area contributed by atoms with Crippen LogP contribution >= 0.6 is 0 Å². The van der Waals surface area contributed by atoms with E-state index in [2.05, 4.69) is 19.1 Å². The van der Waals surface area contributed by atoms with Gasteiger partial charge in [0.15, 0.2) is 0 Å². The second kappa shape index (κ2) is 8.15. The zero-order chi connectivity index (χ0) is 15.1. The minimum absolute atomic E-state index is 0.223. The van der Waals surface area contributed by atoms with Gasteiger partial charge in [0, 0.05) is 19.7 Å². The summed E-state index contributed by atoms with van der Waals surface area (Å²) in [5.41, 5.74) is 7.76. The van der Waals surface area contributed by atoms with Gasteiger partial charge in [0.05, 0.1) is 12.5 Å². The Balaban J connectivity index is 1.75. The number of hydrogen-bond acceptors (Lipinski definition) is 3. The topological polar surface area (TPSA) is 55.6 Å². The van der Waals surface area contributed by atoms with Crippen molar-refractivity contribution < 1.29 is 9.53 Å². The summed E-state index contributed by atoms with van der Waals surface area (Å²) in [4.78, 5) is 14.3. The molecule has 0 atom stereocenters. The fraction of sp³-hybridized carbons (Fsp3) is 0.588. The van der Waals surface area contributed by atoms with Gasteiger partial charge in [-0.1, -0.05) is 29.8 Å². The molecule has 2 rings (SSSR count). The molecule has 116 valence electrons. The minimum Gasteiger partial charge on any atom is -0.378 e. The van der Waals surface area contributed by atoms with Gasteiger partial charge in [0.25, 0.3) is 0 Å². The predicted molar refractivity (Wildman–Crippen MR) is 84.1 cm³/mol. The van der Waals surface area contributed by atoms with Crippen LogP contribution in [0.15, 0.2) is 24.3 Å². The van der Waals surface area contributed by atoms with Crippen LogP contribution in [-0.4, -0.2) is 43.2 Å². The van der Waals surface area contributed by atoms with Gasteiger partial charge in [-0.05, 0) is 38.3 Å². The summed E-state index contributed by atoms with van der Waals surface area (Å²) in [6.45, 7) is 5.07. The number of nitrogens with zero attached hydrogens (tertiary/aromatic N) is 1. The molecule has 1 aromatic rings. The third-order valence-electron chi connectivity index (χ3n) is 3.93. The number of carbonyl (C=O) groups is 1. The van der Waals surface area contributed by atoms with E-state index in [1.807, 2.05) is 17.0 Å². The minimum atomic E-state index is 0.223. The molecule has 1 amide bonds. The average molecular weight is 290 g/mol. The van der Waals surface area contributed by atoms with Crippen molar-refractivity contribution in [2.75, 3.05) is 26.2 Å². The van der Waals surface area contributed by atoms with Crippen LogP contribution in [0.3, 0.4) is 0 Å². The van der Waals surface area contributed by atoms with Crippen LogP contribution in [0.5, 0.6) is 0 Å². The molecule has 0 saturated carbocycles. The molecule has 1 heterocycles. The molecule has 0 unspecified atom stereocenters. The highest BCUT2D eigenvalue weighted by molar-refractivity contribution is 5.78. The molecular formula is C17H26N2O2. The molecule has 2 N–H and O–H groups in total. The molecule has 1 aromatic carbocycles. The second-order valence-electron chi connectivity index (χ2n) is 5.76. The van der Waals surface area contributed by atoms with Crippen LogP contribution in [0.1, 0.15) is 30.4 Å². The normalized spacial score (nSPS) is 16.2. The van der Waals surface area contributed by atoms with E-state index in [1.165, 1.54) is 5.56 Å². The molecule has 21 heavy (non-hydrogen) atoms. The average Bonchev–Trinajstić information content (AvgIpc) is 2.48. The van der Waals surface area contributed by atoms with E-state index in [0.717, 1.165) is 44.5 Å². The Hall–Kier alpha value is -1.39. The molecule has 4 heteroatoms. The Morgan fingerprint density at radius 3 is 2.81 bits per heavy atom. The Labute approximate surface area is 127 Å². The molecule has 1 aliphatic rings. The standard InChI is InChI=1S/C17H26N2O2/c1-14-4-2-5-15(12-14)13-17(20)19-9-6-16(7-10-19)21-11-3-8-18/h2,4-5,12,16H,3,6-11,13,18H2,1H3. The summed E-state index contributed by atoms with van der Waals surface area (Å²) in [5, 5.41) is 0. The first-order valence-electron chi connectivity index (χ1n) is 7.84. The number of ether oxygens (including phenoxy) is 1. The fourth-order valence-corrected chi connectivity index (χ4v) is 2.71. The Morgan fingerprint density at radius 1 is 1.38 bits per heavy atom. The number of likely N-dealkylation sites (tertiary alicyclic amines) is 1. The van der Waals surface area contributed by atoms with Gasteiger partial charge in [0.2, 0.25) is 5.91 Å². The van der Waals surface area contributed by atoms with Gasteiger partial charge in [-0.25, -0.2) is 0 Å². The zero-order valence-electron chi connectivity index (χ0n) is 12.9. The number of piperidine rings is 1. The number of nitrogens with two attached hydrogens (primary N) is 1. The number of rotatable bonds is 6. The van der Waals surface area contributed by atoms with Crippen molar-refractivity contribution in [3.63, 3.8) is 0 Å². The number of benzene rings is 1. The highest BCUT2D eigenvalue weighted by atomic mass is 16.5. The number of hydrogen-bond donors (Lipinski definition) is 1. The quantitative estimate of drug-likeness (QED) is 0.814. The third-order valence-corrected chi connectivity index (χ3v) is 3.93.